The number of aliphatic hydroxyl groups excluding tert-OH is 1. The van der Waals surface area contributed by atoms with Crippen LogP contribution >= 0.6 is 0 Å². The van der Waals surface area contributed by atoms with Crippen LogP contribution in [0.2, 0.25) is 0 Å². The Morgan fingerprint density at radius 2 is 1.85 bits per heavy atom. The van der Waals surface area contributed by atoms with Crippen LogP contribution in [0.3, 0.4) is 0 Å². The van der Waals surface area contributed by atoms with Crippen LogP contribution in [-0.2, 0) is 4.79 Å². The number of rotatable bonds is 4. The number of para-hydroxylation sites is 1. The molecule has 3 aromatic rings. The van der Waals surface area contributed by atoms with E-state index in [0.717, 1.165) is 27.4 Å². The summed E-state index contributed by atoms with van der Waals surface area (Å²) < 4.78 is 0. The number of aromatic nitrogens is 1. The molecule has 1 atom stereocenters. The number of carbonyl (C=O) groups is 1. The summed E-state index contributed by atoms with van der Waals surface area (Å²) in [6.07, 6.45) is -0.555. The lowest BCUT2D eigenvalue weighted by atomic mass is 10.0. The van der Waals surface area contributed by atoms with Crippen LogP contribution in [0.5, 0.6) is 0 Å². The van der Waals surface area contributed by atoms with Crippen LogP contribution in [0.4, 0.5) is 0 Å². The van der Waals surface area contributed by atoms with Gasteiger partial charge in [-0.15, -0.1) is 0 Å². The van der Waals surface area contributed by atoms with Gasteiger partial charge in [0.2, 0.25) is 0 Å². The second-order valence-electron chi connectivity index (χ2n) is 4.92. The summed E-state index contributed by atoms with van der Waals surface area (Å²) in [4.78, 5) is 13.9. The first-order valence-corrected chi connectivity index (χ1v) is 6.55. The second-order valence-corrected chi connectivity index (χ2v) is 4.92. The van der Waals surface area contributed by atoms with Crippen molar-refractivity contribution < 1.29 is 15.0 Å². The van der Waals surface area contributed by atoms with Gasteiger partial charge in [0, 0.05) is 28.2 Å². The molecule has 4 heteroatoms. The molecule has 0 aliphatic carbocycles. The molecule has 0 amide bonds. The zero-order valence-corrected chi connectivity index (χ0v) is 10.8. The minimum atomic E-state index is -0.891. The number of aliphatic hydroxyl groups is 1. The topological polar surface area (TPSA) is 73.3 Å². The van der Waals surface area contributed by atoms with Gasteiger partial charge in [-0.3, -0.25) is 4.79 Å². The summed E-state index contributed by atoms with van der Waals surface area (Å²) in [7, 11) is 0. The summed E-state index contributed by atoms with van der Waals surface area (Å²) in [6, 6.07) is 13.7. The van der Waals surface area contributed by atoms with Crippen LogP contribution < -0.4 is 0 Å². The van der Waals surface area contributed by atoms with E-state index < -0.39 is 12.1 Å². The molecule has 102 valence electrons. The number of carboxylic acid groups (broad SMARTS) is 1. The highest BCUT2D eigenvalue weighted by atomic mass is 16.4. The number of fused-ring (bicyclic) bond motifs is 3. The molecule has 20 heavy (non-hydrogen) atoms. The Labute approximate surface area is 115 Å². The molecule has 0 radical (unpaired) electrons. The molecule has 0 saturated carbocycles. The number of carboxylic acids is 1. The van der Waals surface area contributed by atoms with Crippen LogP contribution in [0.1, 0.15) is 24.5 Å². The molecule has 0 aliphatic heterocycles. The zero-order chi connectivity index (χ0) is 14.1. The Kier molecular flexibility index (Phi) is 3.16. The van der Waals surface area contributed by atoms with Crippen molar-refractivity contribution >= 4 is 27.8 Å². The van der Waals surface area contributed by atoms with E-state index in [2.05, 4.69) is 4.98 Å². The van der Waals surface area contributed by atoms with Crippen molar-refractivity contribution in [2.24, 2.45) is 0 Å². The van der Waals surface area contributed by atoms with Crippen LogP contribution in [0, 0.1) is 0 Å². The fourth-order valence-corrected chi connectivity index (χ4v) is 2.50. The van der Waals surface area contributed by atoms with Crippen LogP contribution in [-0.4, -0.2) is 21.2 Å². The van der Waals surface area contributed by atoms with E-state index in [0.29, 0.717) is 0 Å². The lowest BCUT2D eigenvalue weighted by molar-refractivity contribution is -0.137. The van der Waals surface area contributed by atoms with Crippen molar-refractivity contribution in [3.63, 3.8) is 0 Å². The lowest BCUT2D eigenvalue weighted by Gasteiger charge is -2.09. The summed E-state index contributed by atoms with van der Waals surface area (Å²) in [5.41, 5.74) is 2.82. The summed E-state index contributed by atoms with van der Waals surface area (Å²) in [5.74, 6) is -0.891. The molecule has 0 aliphatic rings. The number of nitrogens with one attached hydrogen (secondary N) is 1. The molecule has 0 fully saturated rings. The maximum atomic E-state index is 10.6. The Bertz CT molecular complexity index is 776. The van der Waals surface area contributed by atoms with Crippen molar-refractivity contribution in [2.75, 3.05) is 0 Å². The summed E-state index contributed by atoms with van der Waals surface area (Å²) in [6.45, 7) is 0. The van der Waals surface area contributed by atoms with Crippen LogP contribution in [0.25, 0.3) is 21.8 Å². The number of benzene rings is 2. The average Bonchev–Trinajstić information content (AvgIpc) is 2.82. The second kappa shape index (κ2) is 4.98. The molecule has 4 nitrogen and oxygen atoms in total. The van der Waals surface area contributed by atoms with E-state index in [4.69, 9.17) is 5.11 Å². The van der Waals surface area contributed by atoms with Crippen molar-refractivity contribution in [3.8, 4) is 0 Å². The normalized spacial score (nSPS) is 12.8. The standard InChI is InChI=1S/C16H15NO3/c18-15(7-8-16(19)20)10-5-6-14-12(9-10)11-3-1-2-4-13(11)17-14/h1-6,9,15,17-18H,7-8H2,(H,19,20). The lowest BCUT2D eigenvalue weighted by Crippen LogP contribution is -2.02. The van der Waals surface area contributed by atoms with E-state index >= 15 is 0 Å². The predicted molar refractivity (Wildman–Crippen MR) is 77.6 cm³/mol. The van der Waals surface area contributed by atoms with E-state index in [1.54, 1.807) is 0 Å². The number of H-pyrrole nitrogens is 1. The number of aromatic amines is 1. The fourth-order valence-electron chi connectivity index (χ4n) is 2.50. The first-order chi connectivity index (χ1) is 9.65. The van der Waals surface area contributed by atoms with Gasteiger partial charge in [-0.05, 0) is 30.2 Å². The first-order valence-electron chi connectivity index (χ1n) is 6.55. The van der Waals surface area contributed by atoms with E-state index in [1.807, 2.05) is 42.5 Å². The van der Waals surface area contributed by atoms with Gasteiger partial charge in [0.25, 0.3) is 0 Å². The van der Waals surface area contributed by atoms with Gasteiger partial charge in [-0.1, -0.05) is 24.3 Å². The third-order valence-corrected chi connectivity index (χ3v) is 3.55. The van der Waals surface area contributed by atoms with Gasteiger partial charge in [0.1, 0.15) is 0 Å². The minimum absolute atomic E-state index is 0.0346. The Balaban J connectivity index is 2.01. The fraction of sp³-hybridized carbons (Fsp3) is 0.188. The predicted octanol–water partition coefficient (Wildman–Crippen LogP) is 3.22. The average molecular weight is 269 g/mol. The highest BCUT2D eigenvalue weighted by Gasteiger charge is 2.12. The zero-order valence-electron chi connectivity index (χ0n) is 10.8. The van der Waals surface area contributed by atoms with Crippen molar-refractivity contribution in [1.29, 1.82) is 0 Å². The first kappa shape index (κ1) is 12.7. The largest absolute Gasteiger partial charge is 0.481 e. The minimum Gasteiger partial charge on any atom is -0.481 e. The number of aliphatic carboxylic acids is 1. The van der Waals surface area contributed by atoms with Gasteiger partial charge in [0.05, 0.1) is 6.10 Å². The highest BCUT2D eigenvalue weighted by molar-refractivity contribution is 6.07. The Morgan fingerprint density at radius 3 is 2.65 bits per heavy atom. The van der Waals surface area contributed by atoms with Crippen molar-refractivity contribution in [2.45, 2.75) is 18.9 Å². The van der Waals surface area contributed by atoms with E-state index in [9.17, 15) is 9.90 Å². The van der Waals surface area contributed by atoms with Gasteiger partial charge in [-0.2, -0.15) is 0 Å². The number of hydrogen-bond acceptors (Lipinski definition) is 2. The monoisotopic (exact) mass is 269 g/mol. The molecule has 2 aromatic carbocycles. The summed E-state index contributed by atoms with van der Waals surface area (Å²) >= 11 is 0. The smallest absolute Gasteiger partial charge is 0.303 e. The van der Waals surface area contributed by atoms with Crippen LogP contribution in [0.15, 0.2) is 42.5 Å². The molecule has 3 N–H and O–H groups in total. The summed E-state index contributed by atoms with van der Waals surface area (Å²) in [5, 5.41) is 20.9. The molecular formula is C16H15NO3. The maximum absolute atomic E-state index is 10.6. The maximum Gasteiger partial charge on any atom is 0.303 e. The SMILES string of the molecule is O=C(O)CCC(O)c1ccc2[nH]c3ccccc3c2c1. The highest BCUT2D eigenvalue weighted by Crippen LogP contribution is 2.29. The van der Waals surface area contributed by atoms with E-state index in [-0.39, 0.29) is 12.8 Å². The Morgan fingerprint density at radius 1 is 1.10 bits per heavy atom. The third kappa shape index (κ3) is 2.26. The molecule has 0 spiro atoms. The molecule has 1 heterocycles. The van der Waals surface area contributed by atoms with Gasteiger partial charge >= 0.3 is 5.97 Å². The van der Waals surface area contributed by atoms with Gasteiger partial charge < -0.3 is 15.2 Å². The Hall–Kier alpha value is -2.33. The molecular weight excluding hydrogens is 254 g/mol. The third-order valence-electron chi connectivity index (χ3n) is 3.55. The van der Waals surface area contributed by atoms with Gasteiger partial charge in [-0.25, -0.2) is 0 Å². The van der Waals surface area contributed by atoms with E-state index in [1.165, 1.54) is 0 Å². The van der Waals surface area contributed by atoms with Crippen molar-refractivity contribution in [1.82, 2.24) is 4.98 Å². The molecule has 1 aromatic heterocycles. The molecule has 0 bridgehead atoms. The van der Waals surface area contributed by atoms with Crippen molar-refractivity contribution in [3.05, 3.63) is 48.0 Å². The van der Waals surface area contributed by atoms with Gasteiger partial charge in [0.15, 0.2) is 0 Å². The molecule has 3 rings (SSSR count). The number of hydrogen-bond donors (Lipinski definition) is 3. The molecule has 1 unspecified atom stereocenters. The molecule has 0 saturated heterocycles. The quantitative estimate of drug-likeness (QED) is 0.681.